The molecule has 0 aliphatic carbocycles. The maximum atomic E-state index is 11.3. The molecule has 0 unspecified atom stereocenters. The summed E-state index contributed by atoms with van der Waals surface area (Å²) < 4.78 is 7.29. The lowest BCUT2D eigenvalue weighted by atomic mass is 10.1. The average Bonchev–Trinajstić information content (AvgIpc) is 3.22. The normalized spacial score (nSPS) is 10.7. The van der Waals surface area contributed by atoms with Gasteiger partial charge in [-0.2, -0.15) is 0 Å². The lowest BCUT2D eigenvalue weighted by Crippen LogP contribution is -2.10. The van der Waals surface area contributed by atoms with Gasteiger partial charge in [0.25, 0.3) is 0 Å². The van der Waals surface area contributed by atoms with Crippen molar-refractivity contribution in [2.75, 3.05) is 7.11 Å². The summed E-state index contributed by atoms with van der Waals surface area (Å²) in [4.78, 5) is 15.3. The predicted octanol–water partition coefficient (Wildman–Crippen LogP) is 3.73. The van der Waals surface area contributed by atoms with Crippen LogP contribution in [0.5, 0.6) is 5.75 Å². The zero-order chi connectivity index (χ0) is 20.9. The minimum Gasteiger partial charge on any atom is -0.497 e. The third kappa shape index (κ3) is 4.18. The van der Waals surface area contributed by atoms with Gasteiger partial charge in [-0.15, -0.1) is 10.2 Å². The van der Waals surface area contributed by atoms with Crippen LogP contribution in [-0.4, -0.2) is 32.8 Å². The highest BCUT2D eigenvalue weighted by Crippen LogP contribution is 2.30. The first-order valence-corrected chi connectivity index (χ1v) is 10.2. The largest absolute Gasteiger partial charge is 0.497 e. The van der Waals surface area contributed by atoms with Crippen molar-refractivity contribution >= 4 is 17.7 Å². The molecule has 2 aromatic heterocycles. The molecule has 150 valence electrons. The van der Waals surface area contributed by atoms with E-state index in [4.69, 9.17) is 10.5 Å². The Kier molecular flexibility index (Phi) is 5.76. The van der Waals surface area contributed by atoms with E-state index in [1.807, 2.05) is 53.1 Å². The van der Waals surface area contributed by atoms with Crippen LogP contribution in [0.4, 0.5) is 0 Å². The number of primary amides is 1. The number of rotatable bonds is 7. The van der Waals surface area contributed by atoms with Crippen molar-refractivity contribution in [1.82, 2.24) is 19.7 Å². The highest BCUT2D eigenvalue weighted by Gasteiger charge is 2.16. The second-order valence-electron chi connectivity index (χ2n) is 6.43. The van der Waals surface area contributed by atoms with Crippen molar-refractivity contribution < 1.29 is 9.53 Å². The number of nitrogens with zero attached hydrogens (tertiary/aromatic N) is 4. The molecule has 2 N–H and O–H groups in total. The van der Waals surface area contributed by atoms with E-state index in [1.165, 1.54) is 0 Å². The third-order valence-corrected chi connectivity index (χ3v) is 5.51. The van der Waals surface area contributed by atoms with Crippen molar-refractivity contribution in [3.05, 3.63) is 84.2 Å². The van der Waals surface area contributed by atoms with Gasteiger partial charge >= 0.3 is 0 Å². The van der Waals surface area contributed by atoms with Gasteiger partial charge in [0.05, 0.1) is 7.11 Å². The second-order valence-corrected chi connectivity index (χ2v) is 7.37. The van der Waals surface area contributed by atoms with Gasteiger partial charge in [0, 0.05) is 35.0 Å². The van der Waals surface area contributed by atoms with Crippen LogP contribution in [0.1, 0.15) is 15.9 Å². The first-order valence-electron chi connectivity index (χ1n) is 9.17. The summed E-state index contributed by atoms with van der Waals surface area (Å²) in [6, 6.07) is 18.8. The van der Waals surface area contributed by atoms with Crippen LogP contribution in [0, 0.1) is 0 Å². The highest BCUT2D eigenvalue weighted by molar-refractivity contribution is 7.98. The number of benzene rings is 2. The van der Waals surface area contributed by atoms with E-state index in [0.29, 0.717) is 11.3 Å². The number of thioether (sulfide) groups is 1. The van der Waals surface area contributed by atoms with E-state index in [2.05, 4.69) is 15.2 Å². The van der Waals surface area contributed by atoms with Crippen LogP contribution >= 0.6 is 11.8 Å². The quantitative estimate of drug-likeness (QED) is 0.460. The molecule has 4 rings (SSSR count). The molecule has 30 heavy (non-hydrogen) atoms. The minimum atomic E-state index is -0.435. The Balaban J connectivity index is 1.66. The fourth-order valence-electron chi connectivity index (χ4n) is 2.93. The molecular formula is C22H19N5O2S. The molecule has 0 aliphatic rings. The SMILES string of the molecule is COc1ccc(-n2c(SCc3ccc(C(N)=O)cc3)nnc2-c2ccncc2)cc1. The van der Waals surface area contributed by atoms with Gasteiger partial charge in [0.15, 0.2) is 11.0 Å². The Labute approximate surface area is 177 Å². The number of nitrogens with two attached hydrogens (primary N) is 1. The lowest BCUT2D eigenvalue weighted by Gasteiger charge is -2.11. The number of amides is 1. The molecule has 0 fully saturated rings. The van der Waals surface area contributed by atoms with Crippen LogP contribution in [0.25, 0.3) is 17.1 Å². The maximum absolute atomic E-state index is 11.3. The van der Waals surface area contributed by atoms with E-state index < -0.39 is 5.91 Å². The molecule has 0 saturated heterocycles. The summed E-state index contributed by atoms with van der Waals surface area (Å²) in [7, 11) is 1.64. The first kappa shape index (κ1) is 19.7. The van der Waals surface area contributed by atoms with Crippen molar-refractivity contribution in [1.29, 1.82) is 0 Å². The average molecular weight is 417 g/mol. The van der Waals surface area contributed by atoms with Crippen LogP contribution in [0.2, 0.25) is 0 Å². The van der Waals surface area contributed by atoms with E-state index in [1.54, 1.807) is 43.4 Å². The summed E-state index contributed by atoms with van der Waals surface area (Å²) >= 11 is 1.56. The summed E-state index contributed by atoms with van der Waals surface area (Å²) in [5.41, 5.74) is 8.71. The zero-order valence-electron chi connectivity index (χ0n) is 16.2. The fraction of sp³-hybridized carbons (Fsp3) is 0.0909. The van der Waals surface area contributed by atoms with Gasteiger partial charge in [-0.3, -0.25) is 14.3 Å². The van der Waals surface area contributed by atoms with E-state index in [9.17, 15) is 4.79 Å². The molecule has 7 nitrogen and oxygen atoms in total. The van der Waals surface area contributed by atoms with Crippen molar-refractivity contribution in [2.45, 2.75) is 10.9 Å². The van der Waals surface area contributed by atoms with Crippen molar-refractivity contribution in [3.63, 3.8) is 0 Å². The molecule has 2 heterocycles. The number of hydrogen-bond donors (Lipinski definition) is 1. The molecule has 0 atom stereocenters. The molecular weight excluding hydrogens is 398 g/mol. The summed E-state index contributed by atoms with van der Waals surface area (Å²) in [6.07, 6.45) is 3.46. The van der Waals surface area contributed by atoms with E-state index >= 15 is 0 Å². The number of aromatic nitrogens is 4. The summed E-state index contributed by atoms with van der Waals surface area (Å²) in [6.45, 7) is 0. The van der Waals surface area contributed by atoms with Gasteiger partial charge in [-0.1, -0.05) is 23.9 Å². The summed E-state index contributed by atoms with van der Waals surface area (Å²) in [5.74, 6) is 1.74. The number of carbonyl (C=O) groups is 1. The minimum absolute atomic E-state index is 0.435. The number of methoxy groups -OCH3 is 1. The molecule has 4 aromatic rings. The van der Waals surface area contributed by atoms with Gasteiger partial charge < -0.3 is 10.5 Å². The predicted molar refractivity (Wildman–Crippen MR) is 116 cm³/mol. The smallest absolute Gasteiger partial charge is 0.248 e. The topological polar surface area (TPSA) is 95.9 Å². The second kappa shape index (κ2) is 8.79. The standard InChI is InChI=1S/C22H19N5O2S/c1-29-19-8-6-18(7-9-19)27-21(17-10-12-24-13-11-17)25-26-22(27)30-14-15-2-4-16(5-3-15)20(23)28/h2-13H,14H2,1H3,(H2,23,28). The Morgan fingerprint density at radius 2 is 1.70 bits per heavy atom. The monoisotopic (exact) mass is 417 g/mol. The third-order valence-electron chi connectivity index (χ3n) is 4.51. The van der Waals surface area contributed by atoms with Crippen LogP contribution in [0.15, 0.2) is 78.2 Å². The maximum Gasteiger partial charge on any atom is 0.248 e. The molecule has 0 spiro atoms. The Morgan fingerprint density at radius 1 is 1.00 bits per heavy atom. The Hall–Kier alpha value is -3.65. The van der Waals surface area contributed by atoms with Gasteiger partial charge in [-0.25, -0.2) is 0 Å². The first-order chi connectivity index (χ1) is 14.7. The summed E-state index contributed by atoms with van der Waals surface area (Å²) in [5, 5.41) is 9.60. The van der Waals surface area contributed by atoms with Gasteiger partial charge in [0.2, 0.25) is 5.91 Å². The number of hydrogen-bond acceptors (Lipinski definition) is 6. The molecule has 0 radical (unpaired) electrons. The van der Waals surface area contributed by atoms with Crippen LogP contribution in [-0.2, 0) is 5.75 Å². The van der Waals surface area contributed by atoms with E-state index in [-0.39, 0.29) is 0 Å². The molecule has 0 aliphatic heterocycles. The van der Waals surface area contributed by atoms with Gasteiger partial charge in [-0.05, 0) is 54.1 Å². The zero-order valence-corrected chi connectivity index (χ0v) is 17.0. The Morgan fingerprint density at radius 3 is 2.33 bits per heavy atom. The van der Waals surface area contributed by atoms with Crippen molar-refractivity contribution in [3.8, 4) is 22.8 Å². The lowest BCUT2D eigenvalue weighted by molar-refractivity contribution is 0.100. The molecule has 0 bridgehead atoms. The van der Waals surface area contributed by atoms with Crippen LogP contribution in [0.3, 0.4) is 0 Å². The van der Waals surface area contributed by atoms with Gasteiger partial charge in [0.1, 0.15) is 5.75 Å². The number of ether oxygens (including phenoxy) is 1. The molecule has 0 saturated carbocycles. The number of carbonyl (C=O) groups excluding carboxylic acids is 1. The highest BCUT2D eigenvalue weighted by atomic mass is 32.2. The Bertz CT molecular complexity index is 1140. The molecule has 8 heteroatoms. The van der Waals surface area contributed by atoms with Crippen molar-refractivity contribution in [2.24, 2.45) is 5.73 Å². The number of pyridine rings is 1. The fourth-order valence-corrected chi connectivity index (χ4v) is 3.84. The van der Waals surface area contributed by atoms with Crippen LogP contribution < -0.4 is 10.5 Å². The molecule has 2 aromatic carbocycles. The van der Waals surface area contributed by atoms with E-state index in [0.717, 1.165) is 33.5 Å². The molecule has 1 amide bonds.